The lowest BCUT2D eigenvalue weighted by Crippen LogP contribution is -2.43. The van der Waals surface area contributed by atoms with E-state index in [-0.39, 0.29) is 0 Å². The molecule has 0 N–H and O–H groups in total. The Morgan fingerprint density at radius 3 is 2.13 bits per heavy atom. The van der Waals surface area contributed by atoms with E-state index in [1.165, 1.54) is 0 Å². The lowest BCUT2D eigenvalue weighted by molar-refractivity contribution is 0.00578. The van der Waals surface area contributed by atoms with Crippen LogP contribution in [0.3, 0.4) is 0 Å². The van der Waals surface area contributed by atoms with Crippen LogP contribution < -0.4 is 19.7 Å². The molecule has 0 spiro atoms. The highest BCUT2D eigenvalue weighted by Gasteiger charge is 2.53. The average Bonchev–Trinajstić information content (AvgIpc) is 2.65. The smallest absolute Gasteiger partial charge is 0.493 e. The van der Waals surface area contributed by atoms with Crippen LogP contribution in [0.25, 0.3) is 0 Å². The Morgan fingerprint density at radius 1 is 0.957 bits per heavy atom. The minimum absolute atomic E-state index is 0.403. The fourth-order valence-electron chi connectivity index (χ4n) is 2.67. The maximum atomic E-state index is 6.14. The lowest BCUT2D eigenvalue weighted by Gasteiger charge is -2.34. The van der Waals surface area contributed by atoms with Gasteiger partial charge in [-0.1, -0.05) is 6.07 Å². The summed E-state index contributed by atoms with van der Waals surface area (Å²) >= 11 is 0. The first-order chi connectivity index (χ1) is 10.6. The zero-order valence-electron chi connectivity index (χ0n) is 15.0. The summed E-state index contributed by atoms with van der Waals surface area (Å²) in [5, 5.41) is 0. The van der Waals surface area contributed by atoms with E-state index >= 15 is 0 Å². The van der Waals surface area contributed by atoms with Crippen LogP contribution in [-0.4, -0.2) is 37.6 Å². The average molecular weight is 320 g/mol. The summed E-state index contributed by atoms with van der Waals surface area (Å²) in [4.78, 5) is 0. The van der Waals surface area contributed by atoms with Gasteiger partial charge in [-0.15, -0.1) is 0 Å². The van der Waals surface area contributed by atoms with E-state index in [0.29, 0.717) is 23.9 Å². The van der Waals surface area contributed by atoms with E-state index < -0.39 is 23.9 Å². The van der Waals surface area contributed by atoms with Crippen molar-refractivity contribution in [3.63, 3.8) is 0 Å². The first-order valence-electron chi connectivity index (χ1n) is 7.95. The van der Waals surface area contributed by atoms with Crippen molar-refractivity contribution >= 4 is 12.6 Å². The van der Waals surface area contributed by atoms with Crippen LogP contribution in [0.2, 0.25) is 0 Å². The third-order valence-corrected chi connectivity index (χ3v) is 4.78. The fourth-order valence-corrected chi connectivity index (χ4v) is 2.67. The molecule has 1 aromatic rings. The third kappa shape index (κ3) is 2.68. The zero-order chi connectivity index (χ0) is 17.0. The molecule has 0 saturated carbocycles. The molecule has 23 heavy (non-hydrogen) atoms. The highest BCUT2D eigenvalue weighted by molar-refractivity contribution is 6.63. The Hall–Kier alpha value is -1.40. The predicted octanol–water partition coefficient (Wildman–Crippen LogP) is 2.54. The molecule has 126 valence electrons. The van der Waals surface area contributed by atoms with Crippen molar-refractivity contribution in [2.75, 3.05) is 13.7 Å². The summed E-state index contributed by atoms with van der Waals surface area (Å²) < 4.78 is 29.8. The highest BCUT2D eigenvalue weighted by atomic mass is 16.7. The summed E-state index contributed by atoms with van der Waals surface area (Å²) in [7, 11) is 1.12. The molecule has 1 saturated heterocycles. The van der Waals surface area contributed by atoms with Crippen LogP contribution >= 0.6 is 0 Å². The molecular formula is C17H25BO5. The second kappa shape index (κ2) is 5.05. The van der Waals surface area contributed by atoms with Crippen molar-refractivity contribution in [1.29, 1.82) is 0 Å². The maximum absolute atomic E-state index is 6.14. The van der Waals surface area contributed by atoms with Crippen molar-refractivity contribution in [2.45, 2.75) is 58.3 Å². The van der Waals surface area contributed by atoms with E-state index in [9.17, 15) is 0 Å². The standard InChI is InChI=1S/C17H25BO5/c1-15(2)10-20-13-11(8-9-12(19-7)14(13)21-15)18-22-16(3,4)17(5,6)23-18/h8-9H,10H2,1-7H3. The Morgan fingerprint density at radius 2 is 1.57 bits per heavy atom. The van der Waals surface area contributed by atoms with Crippen LogP contribution in [0.15, 0.2) is 12.1 Å². The number of rotatable bonds is 2. The minimum Gasteiger partial charge on any atom is -0.493 e. The summed E-state index contributed by atoms with van der Waals surface area (Å²) in [5.41, 5.74) is -0.386. The van der Waals surface area contributed by atoms with Crippen LogP contribution in [0.5, 0.6) is 17.2 Å². The SMILES string of the molecule is COc1ccc(B2OC(C)(C)C(C)(C)O2)c2c1OC(C)(C)CO2. The summed E-state index contributed by atoms with van der Waals surface area (Å²) in [6.07, 6.45) is 0. The molecule has 0 unspecified atom stereocenters. The summed E-state index contributed by atoms with van der Waals surface area (Å²) in [6, 6.07) is 3.78. The number of methoxy groups -OCH3 is 1. The maximum Gasteiger partial charge on any atom is 0.498 e. The molecule has 1 fully saturated rings. The van der Waals surface area contributed by atoms with E-state index in [2.05, 4.69) is 0 Å². The molecule has 2 aliphatic heterocycles. The second-order valence-electron chi connectivity index (χ2n) is 7.75. The Labute approximate surface area is 138 Å². The van der Waals surface area contributed by atoms with Gasteiger partial charge in [0.05, 0.1) is 18.3 Å². The van der Waals surface area contributed by atoms with Crippen LogP contribution in [-0.2, 0) is 9.31 Å². The van der Waals surface area contributed by atoms with Crippen molar-refractivity contribution in [3.05, 3.63) is 12.1 Å². The van der Waals surface area contributed by atoms with Gasteiger partial charge in [-0.3, -0.25) is 0 Å². The molecule has 0 aromatic heterocycles. The van der Waals surface area contributed by atoms with E-state index in [0.717, 1.165) is 5.46 Å². The van der Waals surface area contributed by atoms with Crippen molar-refractivity contribution in [2.24, 2.45) is 0 Å². The molecule has 3 rings (SSSR count). The molecular weight excluding hydrogens is 295 g/mol. The number of hydrogen-bond acceptors (Lipinski definition) is 5. The second-order valence-corrected chi connectivity index (χ2v) is 7.75. The van der Waals surface area contributed by atoms with Crippen LogP contribution in [0.1, 0.15) is 41.5 Å². The molecule has 2 heterocycles. The molecule has 1 aromatic carbocycles. The molecule has 0 aliphatic carbocycles. The molecule has 0 radical (unpaired) electrons. The quantitative estimate of drug-likeness (QED) is 0.784. The van der Waals surface area contributed by atoms with E-state index in [1.54, 1.807) is 7.11 Å². The number of hydrogen-bond donors (Lipinski definition) is 0. The fraction of sp³-hybridized carbons (Fsp3) is 0.647. The third-order valence-electron chi connectivity index (χ3n) is 4.78. The van der Waals surface area contributed by atoms with Crippen molar-refractivity contribution in [1.82, 2.24) is 0 Å². The number of benzene rings is 1. The Bertz CT molecular complexity index is 608. The Balaban J connectivity index is 2.03. The monoisotopic (exact) mass is 320 g/mol. The van der Waals surface area contributed by atoms with Gasteiger partial charge in [0.1, 0.15) is 12.2 Å². The van der Waals surface area contributed by atoms with Gasteiger partial charge in [0.15, 0.2) is 11.5 Å². The van der Waals surface area contributed by atoms with E-state index in [4.69, 9.17) is 23.5 Å². The van der Waals surface area contributed by atoms with Gasteiger partial charge in [-0.25, -0.2) is 0 Å². The molecule has 2 aliphatic rings. The topological polar surface area (TPSA) is 46.2 Å². The van der Waals surface area contributed by atoms with Gasteiger partial charge in [0.2, 0.25) is 5.75 Å². The van der Waals surface area contributed by atoms with Gasteiger partial charge in [0, 0.05) is 5.46 Å². The molecule has 0 bridgehead atoms. The first-order valence-corrected chi connectivity index (χ1v) is 7.95. The Kier molecular flexibility index (Phi) is 3.61. The summed E-state index contributed by atoms with van der Waals surface area (Å²) in [5.74, 6) is 1.89. The molecule has 6 heteroatoms. The zero-order valence-corrected chi connectivity index (χ0v) is 15.0. The predicted molar refractivity (Wildman–Crippen MR) is 88.9 cm³/mol. The normalized spacial score (nSPS) is 23.7. The largest absolute Gasteiger partial charge is 0.498 e. The van der Waals surface area contributed by atoms with Crippen molar-refractivity contribution in [3.8, 4) is 17.2 Å². The van der Waals surface area contributed by atoms with Crippen LogP contribution in [0, 0.1) is 0 Å². The minimum atomic E-state index is -0.496. The van der Waals surface area contributed by atoms with Crippen LogP contribution in [0.4, 0.5) is 0 Å². The van der Waals surface area contributed by atoms with E-state index in [1.807, 2.05) is 53.7 Å². The van der Waals surface area contributed by atoms with Gasteiger partial charge < -0.3 is 23.5 Å². The lowest BCUT2D eigenvalue weighted by atomic mass is 9.78. The van der Waals surface area contributed by atoms with Gasteiger partial charge in [-0.2, -0.15) is 0 Å². The van der Waals surface area contributed by atoms with Gasteiger partial charge >= 0.3 is 7.12 Å². The first kappa shape index (κ1) is 16.5. The van der Waals surface area contributed by atoms with Gasteiger partial charge in [-0.05, 0) is 47.6 Å². The molecule has 5 nitrogen and oxygen atoms in total. The number of ether oxygens (including phenoxy) is 3. The molecule has 0 amide bonds. The van der Waals surface area contributed by atoms with Gasteiger partial charge in [0.25, 0.3) is 0 Å². The molecule has 0 atom stereocenters. The van der Waals surface area contributed by atoms with Crippen molar-refractivity contribution < 1.29 is 23.5 Å². The summed E-state index contributed by atoms with van der Waals surface area (Å²) in [6.45, 7) is 12.5. The highest BCUT2D eigenvalue weighted by Crippen LogP contribution is 2.44. The number of fused-ring (bicyclic) bond motifs is 1.